The largest absolute Gasteiger partial charge is 0.495 e. The van der Waals surface area contributed by atoms with Crippen LogP contribution in [0.1, 0.15) is 97.1 Å². The number of benzene rings is 2. The van der Waals surface area contributed by atoms with E-state index in [-0.39, 0.29) is 54.8 Å². The van der Waals surface area contributed by atoms with Crippen molar-refractivity contribution in [3.05, 3.63) is 70.3 Å². The van der Waals surface area contributed by atoms with Crippen LogP contribution < -0.4 is 47.3 Å². The van der Waals surface area contributed by atoms with Crippen molar-refractivity contribution in [1.29, 1.82) is 0 Å². The summed E-state index contributed by atoms with van der Waals surface area (Å²) in [5.74, 6) is -2.72. The first-order valence-electron chi connectivity index (χ1n) is 27.4. The summed E-state index contributed by atoms with van der Waals surface area (Å²) in [6.07, 6.45) is 2.23. The number of nitrogens with one attached hydrogen (secondary N) is 6. The number of carbonyl (C=O) groups is 8. The van der Waals surface area contributed by atoms with Crippen molar-refractivity contribution in [1.82, 2.24) is 21.3 Å². The lowest BCUT2D eigenvalue weighted by atomic mass is 9.83. The first-order chi connectivity index (χ1) is 39.3. The van der Waals surface area contributed by atoms with Crippen LogP contribution in [0.25, 0.3) is 0 Å². The number of primary amides is 1. The maximum absolute atomic E-state index is 14.4. The molecule has 26 heteroatoms. The number of allylic oxidation sites excluding steroid dienone is 3. The minimum absolute atomic E-state index is 0.0719. The maximum Gasteiger partial charge on any atom is 0.412 e. The SMILES string of the molecule is COc1cc2cc(c1Cl)N(C)C(=O)C[C@H](OC(=O)Nc1ccc(NC(=O)[C@H](CCCNC(N)=O)NC(=O)[C@@H](NC(=O)CCCCCOC(C=O)(CBr)CBr)C(C)C)c(C)c1)[C@]1(C)O[C@H]1[C@H](C)[C@@H]1C[C@@](O)(NC(=O)O1)[C@H](OC)/C=C/C=C(\C)C2. The van der Waals surface area contributed by atoms with E-state index in [0.717, 1.165) is 17.4 Å². The topological polar surface area (TPSA) is 317 Å². The Balaban J connectivity index is 1.32. The predicted molar refractivity (Wildman–Crippen MR) is 319 cm³/mol. The summed E-state index contributed by atoms with van der Waals surface area (Å²) in [7, 11) is 4.41. The highest BCUT2D eigenvalue weighted by Crippen LogP contribution is 2.49. The molecule has 0 spiro atoms. The number of methoxy groups -OCH3 is 2. The molecule has 3 aliphatic rings. The fourth-order valence-corrected chi connectivity index (χ4v) is 11.7. The van der Waals surface area contributed by atoms with Gasteiger partial charge < -0.3 is 70.2 Å². The van der Waals surface area contributed by atoms with E-state index in [1.54, 1.807) is 72.0 Å². The molecule has 3 heterocycles. The molecule has 0 unspecified atom stereocenters. The third-order valence-electron chi connectivity index (χ3n) is 14.9. The van der Waals surface area contributed by atoms with Crippen molar-refractivity contribution in [2.24, 2.45) is 17.6 Å². The van der Waals surface area contributed by atoms with Crippen molar-refractivity contribution >= 4 is 109 Å². The number of alkyl carbamates (subject to hydrolysis) is 1. The number of anilines is 3. The summed E-state index contributed by atoms with van der Waals surface area (Å²) in [5, 5.41) is 28.9. The van der Waals surface area contributed by atoms with Crippen molar-refractivity contribution in [3.63, 3.8) is 0 Å². The minimum atomic E-state index is -1.90. The van der Waals surface area contributed by atoms with E-state index in [4.69, 9.17) is 45.8 Å². The van der Waals surface area contributed by atoms with E-state index in [0.29, 0.717) is 65.6 Å². The first-order valence-corrected chi connectivity index (χ1v) is 30.0. The summed E-state index contributed by atoms with van der Waals surface area (Å²) in [4.78, 5) is 107. The van der Waals surface area contributed by atoms with Crippen LogP contribution in [0.2, 0.25) is 5.02 Å². The average molecular weight is 1310 g/mol. The van der Waals surface area contributed by atoms with Crippen molar-refractivity contribution < 1.29 is 71.9 Å². The molecule has 0 aliphatic carbocycles. The number of aliphatic hydroxyl groups is 1. The Labute approximate surface area is 506 Å². The quantitative estimate of drug-likeness (QED) is 0.0227. The molecular formula is C57H79Br2ClN8O15. The molecule has 0 saturated carbocycles. The molecule has 9 atom stereocenters. The lowest BCUT2D eigenvalue weighted by molar-refractivity contribution is -0.142. The zero-order valence-electron chi connectivity index (χ0n) is 48.3. The van der Waals surface area contributed by atoms with E-state index in [1.807, 2.05) is 13.0 Å². The summed E-state index contributed by atoms with van der Waals surface area (Å²) in [6, 6.07) is 5.25. The average Bonchev–Trinajstić information content (AvgIpc) is 4.02. The molecule has 23 nitrogen and oxygen atoms in total. The number of alkyl halides is 2. The van der Waals surface area contributed by atoms with Gasteiger partial charge in [0.2, 0.25) is 23.6 Å². The number of urea groups is 1. The van der Waals surface area contributed by atoms with Crippen LogP contribution in [-0.4, -0.2) is 152 Å². The van der Waals surface area contributed by atoms with E-state index in [2.05, 4.69) is 63.8 Å². The van der Waals surface area contributed by atoms with Gasteiger partial charge in [0.1, 0.15) is 52.4 Å². The smallest absolute Gasteiger partial charge is 0.412 e. The number of hydrogen-bond acceptors (Lipinski definition) is 15. The van der Waals surface area contributed by atoms with Gasteiger partial charge in [0.15, 0.2) is 12.0 Å². The zero-order valence-corrected chi connectivity index (χ0v) is 52.3. The van der Waals surface area contributed by atoms with Gasteiger partial charge in [0, 0.05) is 68.1 Å². The summed E-state index contributed by atoms with van der Waals surface area (Å²) < 4.78 is 35.2. The van der Waals surface area contributed by atoms with Crippen LogP contribution in [0.3, 0.4) is 0 Å². The van der Waals surface area contributed by atoms with Gasteiger partial charge in [-0.25, -0.2) is 14.4 Å². The van der Waals surface area contributed by atoms with Crippen LogP contribution in [-0.2, 0) is 54.1 Å². The second-order valence-corrected chi connectivity index (χ2v) is 23.2. The number of amides is 8. The summed E-state index contributed by atoms with van der Waals surface area (Å²) in [6.45, 7) is 11.0. The molecule has 2 aromatic rings. The highest BCUT2D eigenvalue weighted by Gasteiger charge is 2.64. The van der Waals surface area contributed by atoms with Gasteiger partial charge in [-0.05, 0) is 100 Å². The highest BCUT2D eigenvalue weighted by molar-refractivity contribution is 9.10. The van der Waals surface area contributed by atoms with Gasteiger partial charge >= 0.3 is 18.2 Å². The second kappa shape index (κ2) is 30.8. The predicted octanol–water partition coefficient (Wildman–Crippen LogP) is 7.00. The third kappa shape index (κ3) is 18.6. The Bertz CT molecular complexity index is 2730. The van der Waals surface area contributed by atoms with Crippen LogP contribution in [0, 0.1) is 18.8 Å². The van der Waals surface area contributed by atoms with E-state index in [1.165, 1.54) is 31.3 Å². The second-order valence-electron chi connectivity index (χ2n) is 21.7. The minimum Gasteiger partial charge on any atom is -0.495 e. The number of carbonyl (C=O) groups excluding carboxylic acids is 8. The normalized spacial score (nSPS) is 24.5. The van der Waals surface area contributed by atoms with E-state index >= 15 is 0 Å². The lowest BCUT2D eigenvalue weighted by Crippen LogP contribution is -2.63. The number of aldehydes is 1. The molecule has 2 aromatic carbocycles. The Morgan fingerprint density at radius 1 is 1.02 bits per heavy atom. The Kier molecular flexibility index (Phi) is 25.2. The maximum atomic E-state index is 14.4. The molecule has 4 bridgehead atoms. The standard InChI is InChI=1S/C57H79Br2ClN8O15/c1-32(2)48(66-45(70)18-11-10-12-22-80-56(29-58,30-59)31-69)51(73)65-39(16-14-21-62-52(61)74)50(72)64-38-20-19-37(24-34(38)4)63-53(75)82-44-27-46(71)68(7)40-25-36(26-41(78-8)47(40)60)23-33(3)15-13-17-43(79-9)57(77)28-42(81-54(76)67-57)35(5)49-55(44,6)83-49/h13,15,17,19-20,24-26,31-32,35,39,42-44,48-49,77H,10-12,14,16,18,21-23,27-30H2,1-9H3,(H,63,75)(H,64,72)(H,65,73)(H,66,70)(H,67,76)(H3,61,62,74)/b17-13+,33-15+/t35-,39+,42+,43-,44+,48+,49+,55+,57+/m1/s1. The van der Waals surface area contributed by atoms with Gasteiger partial charge in [0.25, 0.3) is 0 Å². The van der Waals surface area contributed by atoms with Crippen LogP contribution in [0.5, 0.6) is 5.75 Å². The number of unbranched alkanes of at least 4 members (excludes halogenated alkanes) is 2. The van der Waals surface area contributed by atoms with Gasteiger partial charge in [-0.3, -0.25) is 29.8 Å². The molecule has 3 aliphatic heterocycles. The first kappa shape index (κ1) is 68.0. The van der Waals surface area contributed by atoms with Gasteiger partial charge in [-0.1, -0.05) is 94.5 Å². The molecule has 83 heavy (non-hydrogen) atoms. The Morgan fingerprint density at radius 3 is 2.39 bits per heavy atom. The van der Waals surface area contributed by atoms with Crippen LogP contribution in [0.4, 0.5) is 31.4 Å². The number of fused-ring (bicyclic) bond motifs is 5. The highest BCUT2D eigenvalue weighted by atomic mass is 79.9. The molecule has 2 saturated heterocycles. The van der Waals surface area contributed by atoms with E-state index in [9.17, 15) is 43.5 Å². The third-order valence-corrected chi connectivity index (χ3v) is 17.2. The lowest BCUT2D eigenvalue weighted by Gasteiger charge is -2.42. The van der Waals surface area contributed by atoms with Crippen LogP contribution >= 0.6 is 43.5 Å². The molecule has 458 valence electrons. The fourth-order valence-electron chi connectivity index (χ4n) is 9.86. The molecule has 0 radical (unpaired) electrons. The zero-order chi connectivity index (χ0) is 61.4. The number of ether oxygens (including phenoxy) is 6. The summed E-state index contributed by atoms with van der Waals surface area (Å²) >= 11 is 13.4. The monoisotopic (exact) mass is 1310 g/mol. The molecule has 0 aromatic heterocycles. The number of rotatable bonds is 24. The molecule has 8 amide bonds. The number of epoxide rings is 1. The Hall–Kier alpha value is -5.83. The number of hydrogen-bond donors (Lipinski definition) is 8. The molecule has 5 rings (SSSR count). The number of nitrogens with two attached hydrogens (primary N) is 1. The van der Waals surface area contributed by atoms with Gasteiger partial charge in [-0.15, -0.1) is 0 Å². The van der Waals surface area contributed by atoms with E-state index < -0.39 is 102 Å². The number of halogens is 3. The van der Waals surface area contributed by atoms with Gasteiger partial charge in [-0.2, -0.15) is 0 Å². The van der Waals surface area contributed by atoms with Crippen LogP contribution in [0.15, 0.2) is 54.1 Å². The number of aryl methyl sites for hydroxylation is 1. The Morgan fingerprint density at radius 2 is 1.75 bits per heavy atom. The van der Waals surface area contributed by atoms with Crippen molar-refractivity contribution in [3.8, 4) is 5.75 Å². The summed E-state index contributed by atoms with van der Waals surface area (Å²) in [5.41, 5.74) is 4.11. The molecule has 9 N–H and O–H groups in total. The molecular weight excluding hydrogens is 1230 g/mol. The molecule has 2 fully saturated rings. The number of nitrogens with zero attached hydrogens (tertiary/aromatic N) is 1. The van der Waals surface area contributed by atoms with Gasteiger partial charge in [0.05, 0.1) is 25.3 Å². The van der Waals surface area contributed by atoms with Crippen molar-refractivity contribution in [2.75, 3.05) is 60.6 Å². The fraction of sp³-hybridized carbons (Fsp3) is 0.579. The van der Waals surface area contributed by atoms with Crippen molar-refractivity contribution in [2.45, 2.75) is 153 Å².